The average molecular weight is 288 g/mol. The molecule has 0 bridgehead atoms. The number of hydrogen-bond donors (Lipinski definition) is 0. The molecule has 0 aliphatic rings. The van der Waals surface area contributed by atoms with Crippen LogP contribution in [0.1, 0.15) is 23.0 Å². The third-order valence-corrected chi connectivity index (χ3v) is 2.53. The summed E-state index contributed by atoms with van der Waals surface area (Å²) in [5.41, 5.74) is 1.17. The number of carbonyl (C=O) groups is 1. The molecule has 0 unspecified atom stereocenters. The molecule has 0 aliphatic carbocycles. The quantitative estimate of drug-likeness (QED) is 0.416. The second kappa shape index (κ2) is 8.85. The predicted octanol–water partition coefficient (Wildman–Crippen LogP) is 2.12. The fourth-order valence-electron chi connectivity index (χ4n) is 1.37. The molecule has 0 fully saturated rings. The number of halogens is 1. The highest BCUT2D eigenvalue weighted by Crippen LogP contribution is 2.12. The Morgan fingerprint density at radius 1 is 1.26 bits per heavy atom. The second-order valence-corrected chi connectivity index (χ2v) is 4.15. The molecule has 0 aromatic carbocycles. The predicted molar refractivity (Wildman–Crippen MR) is 71.6 cm³/mol. The molecule has 1 rings (SSSR count). The zero-order valence-corrected chi connectivity index (χ0v) is 11.9. The number of carbonyl (C=O) groups excluding carboxylic acids is 1. The van der Waals surface area contributed by atoms with E-state index in [1.807, 2.05) is 6.92 Å². The van der Waals surface area contributed by atoms with Crippen LogP contribution >= 0.6 is 11.6 Å². The van der Waals surface area contributed by atoms with Gasteiger partial charge in [-0.05, 0) is 18.6 Å². The zero-order chi connectivity index (χ0) is 14.1. The van der Waals surface area contributed by atoms with Gasteiger partial charge < -0.3 is 14.2 Å². The zero-order valence-electron chi connectivity index (χ0n) is 11.1. The summed E-state index contributed by atoms with van der Waals surface area (Å²) in [6, 6.07) is 3.18. The first-order valence-electron chi connectivity index (χ1n) is 6.07. The minimum Gasteiger partial charge on any atom is -0.460 e. The smallest absolute Gasteiger partial charge is 0.338 e. The number of aryl methyl sites for hydroxylation is 1. The lowest BCUT2D eigenvalue weighted by Crippen LogP contribution is -2.13. The molecule has 19 heavy (non-hydrogen) atoms. The number of ether oxygens (including phenoxy) is 3. The van der Waals surface area contributed by atoms with Crippen molar-refractivity contribution in [2.75, 3.05) is 33.5 Å². The third-order valence-electron chi connectivity index (χ3n) is 2.34. The van der Waals surface area contributed by atoms with Crippen LogP contribution in [0.4, 0.5) is 0 Å². The van der Waals surface area contributed by atoms with Gasteiger partial charge in [0.1, 0.15) is 11.8 Å². The first-order valence-corrected chi connectivity index (χ1v) is 6.45. The van der Waals surface area contributed by atoms with Gasteiger partial charge in [-0.15, -0.1) is 0 Å². The molecule has 1 aromatic heterocycles. The molecule has 0 N–H and O–H groups in total. The lowest BCUT2D eigenvalue weighted by molar-refractivity contribution is 0.0213. The fraction of sp³-hybridized carbons (Fsp3) is 0.538. The van der Waals surface area contributed by atoms with Gasteiger partial charge in [-0.3, -0.25) is 0 Å². The van der Waals surface area contributed by atoms with Crippen LogP contribution < -0.4 is 0 Å². The van der Waals surface area contributed by atoms with E-state index < -0.39 is 5.97 Å². The largest absolute Gasteiger partial charge is 0.460 e. The van der Waals surface area contributed by atoms with Gasteiger partial charge in [-0.1, -0.05) is 18.5 Å². The highest BCUT2D eigenvalue weighted by Gasteiger charge is 2.10. The molecule has 0 spiro atoms. The summed E-state index contributed by atoms with van der Waals surface area (Å²) in [4.78, 5) is 15.8. The normalized spacial score (nSPS) is 10.5. The number of pyridine rings is 1. The Bertz CT molecular complexity index is 412. The van der Waals surface area contributed by atoms with E-state index in [9.17, 15) is 4.79 Å². The van der Waals surface area contributed by atoms with Gasteiger partial charge in [0.25, 0.3) is 0 Å². The minimum atomic E-state index is -0.422. The molecule has 1 heterocycles. The summed E-state index contributed by atoms with van der Waals surface area (Å²) < 4.78 is 15.1. The first kappa shape index (κ1) is 15.9. The maximum absolute atomic E-state index is 11.8. The van der Waals surface area contributed by atoms with Gasteiger partial charge in [-0.25, -0.2) is 9.78 Å². The van der Waals surface area contributed by atoms with Gasteiger partial charge in [0.2, 0.25) is 0 Å². The molecule has 5 nitrogen and oxygen atoms in total. The molecule has 0 atom stereocenters. The van der Waals surface area contributed by atoms with Crippen LogP contribution in [0.25, 0.3) is 0 Å². The van der Waals surface area contributed by atoms with Crippen LogP contribution in [0.5, 0.6) is 0 Å². The monoisotopic (exact) mass is 287 g/mol. The lowest BCUT2D eigenvalue weighted by Gasteiger charge is -2.07. The molecule has 0 saturated carbocycles. The van der Waals surface area contributed by atoms with Crippen molar-refractivity contribution in [1.82, 2.24) is 4.98 Å². The Morgan fingerprint density at radius 3 is 2.68 bits per heavy atom. The maximum Gasteiger partial charge on any atom is 0.338 e. The van der Waals surface area contributed by atoms with E-state index in [-0.39, 0.29) is 6.61 Å². The minimum absolute atomic E-state index is 0.198. The van der Waals surface area contributed by atoms with Crippen molar-refractivity contribution in [3.8, 4) is 0 Å². The molecule has 0 amide bonds. The number of methoxy groups -OCH3 is 1. The van der Waals surface area contributed by atoms with Crippen LogP contribution in [0.3, 0.4) is 0 Å². The Morgan fingerprint density at radius 2 is 2.00 bits per heavy atom. The Hall–Kier alpha value is -1.17. The SMILES string of the molecule is CCc1cc(C(=O)OCCOCCOC)cc(Cl)n1. The van der Waals surface area contributed by atoms with E-state index >= 15 is 0 Å². The number of nitrogens with zero attached hydrogens (tertiary/aromatic N) is 1. The molecular formula is C13H18ClNO4. The van der Waals surface area contributed by atoms with Gasteiger partial charge in [0.05, 0.1) is 25.4 Å². The third kappa shape index (κ3) is 6.00. The molecule has 6 heteroatoms. The van der Waals surface area contributed by atoms with Crippen molar-refractivity contribution in [3.63, 3.8) is 0 Å². The van der Waals surface area contributed by atoms with E-state index in [2.05, 4.69) is 4.98 Å². The van der Waals surface area contributed by atoms with E-state index in [1.54, 1.807) is 13.2 Å². The van der Waals surface area contributed by atoms with E-state index in [0.717, 1.165) is 5.69 Å². The van der Waals surface area contributed by atoms with Crippen molar-refractivity contribution < 1.29 is 19.0 Å². The van der Waals surface area contributed by atoms with Gasteiger partial charge in [0, 0.05) is 12.8 Å². The van der Waals surface area contributed by atoms with Crippen molar-refractivity contribution in [3.05, 3.63) is 28.5 Å². The van der Waals surface area contributed by atoms with Crippen molar-refractivity contribution >= 4 is 17.6 Å². The summed E-state index contributed by atoms with van der Waals surface area (Å²) in [6.07, 6.45) is 0.709. The first-order chi connectivity index (χ1) is 9.17. The average Bonchev–Trinajstić information content (AvgIpc) is 2.41. The molecule has 0 saturated heterocycles. The van der Waals surface area contributed by atoms with E-state index in [1.165, 1.54) is 6.07 Å². The van der Waals surface area contributed by atoms with Gasteiger partial charge in [-0.2, -0.15) is 0 Å². The Balaban J connectivity index is 2.39. The Kier molecular flexibility index (Phi) is 7.40. The summed E-state index contributed by atoms with van der Waals surface area (Å²) in [5.74, 6) is -0.422. The van der Waals surface area contributed by atoms with Crippen molar-refractivity contribution in [2.45, 2.75) is 13.3 Å². The Labute approximate surface area is 117 Å². The number of esters is 1. The van der Waals surface area contributed by atoms with Crippen LogP contribution in [-0.4, -0.2) is 44.5 Å². The van der Waals surface area contributed by atoms with Crippen LogP contribution in [0, 0.1) is 0 Å². The van der Waals surface area contributed by atoms with Crippen molar-refractivity contribution in [1.29, 1.82) is 0 Å². The molecule has 1 aromatic rings. The van der Waals surface area contributed by atoms with Crippen molar-refractivity contribution in [2.24, 2.45) is 0 Å². The highest BCUT2D eigenvalue weighted by atomic mass is 35.5. The van der Waals surface area contributed by atoms with Crippen LogP contribution in [0.2, 0.25) is 5.15 Å². The summed E-state index contributed by atoms with van der Waals surface area (Å²) in [6.45, 7) is 3.48. The summed E-state index contributed by atoms with van der Waals surface area (Å²) in [7, 11) is 1.60. The topological polar surface area (TPSA) is 57.7 Å². The van der Waals surface area contributed by atoms with Gasteiger partial charge in [0.15, 0.2) is 0 Å². The number of aromatic nitrogens is 1. The van der Waals surface area contributed by atoms with E-state index in [0.29, 0.717) is 37.0 Å². The highest BCUT2D eigenvalue weighted by molar-refractivity contribution is 6.29. The number of rotatable bonds is 8. The summed E-state index contributed by atoms with van der Waals surface area (Å²) >= 11 is 5.83. The van der Waals surface area contributed by atoms with Crippen LogP contribution in [0.15, 0.2) is 12.1 Å². The molecular weight excluding hydrogens is 270 g/mol. The standard InChI is InChI=1S/C13H18ClNO4/c1-3-11-8-10(9-12(14)15-11)13(16)19-7-6-18-5-4-17-2/h8-9H,3-7H2,1-2H3. The second-order valence-electron chi connectivity index (χ2n) is 3.76. The summed E-state index contributed by atoms with van der Waals surface area (Å²) in [5, 5.41) is 0.294. The number of hydrogen-bond acceptors (Lipinski definition) is 5. The van der Waals surface area contributed by atoms with Gasteiger partial charge >= 0.3 is 5.97 Å². The van der Waals surface area contributed by atoms with Crippen LogP contribution in [-0.2, 0) is 20.6 Å². The van der Waals surface area contributed by atoms with E-state index in [4.69, 9.17) is 25.8 Å². The maximum atomic E-state index is 11.8. The molecule has 0 aliphatic heterocycles. The molecule has 0 radical (unpaired) electrons. The fourth-order valence-corrected chi connectivity index (χ4v) is 1.60. The lowest BCUT2D eigenvalue weighted by atomic mass is 10.2. The molecule has 106 valence electrons.